The molecule has 1 aliphatic rings. The molecule has 0 aromatic heterocycles. The third kappa shape index (κ3) is 4.16. The zero-order chi connectivity index (χ0) is 15.3. The molecule has 1 fully saturated rings. The van der Waals surface area contributed by atoms with Crippen molar-refractivity contribution < 1.29 is 17.9 Å². The molecular weight excluding hydrogens is 292 g/mol. The highest BCUT2D eigenvalue weighted by atomic mass is 32.2. The van der Waals surface area contributed by atoms with Crippen molar-refractivity contribution in [1.82, 2.24) is 10.0 Å². The average molecular weight is 314 g/mol. The Bertz CT molecular complexity index is 568. The molecule has 2 N–H and O–H groups in total. The summed E-state index contributed by atoms with van der Waals surface area (Å²) in [6, 6.07) is 4.88. The van der Waals surface area contributed by atoms with Gasteiger partial charge >= 0.3 is 0 Å². The Balaban J connectivity index is 2.12. The van der Waals surface area contributed by atoms with Gasteiger partial charge in [-0.25, -0.2) is 13.1 Å². The smallest absolute Gasteiger partial charge is 0.240 e. The summed E-state index contributed by atoms with van der Waals surface area (Å²) in [5.41, 5.74) is 0.812. The molecule has 1 atom stereocenters. The summed E-state index contributed by atoms with van der Waals surface area (Å²) in [7, 11) is -0.127. The van der Waals surface area contributed by atoms with Crippen LogP contribution in [-0.4, -0.2) is 42.3 Å². The average Bonchev–Trinajstić information content (AvgIpc) is 2.99. The van der Waals surface area contributed by atoms with E-state index in [-0.39, 0.29) is 10.8 Å². The molecule has 21 heavy (non-hydrogen) atoms. The van der Waals surface area contributed by atoms with Gasteiger partial charge in [0.2, 0.25) is 10.0 Å². The second kappa shape index (κ2) is 7.22. The third-order valence-corrected chi connectivity index (χ3v) is 4.94. The van der Waals surface area contributed by atoms with Crippen LogP contribution in [-0.2, 0) is 21.3 Å². The van der Waals surface area contributed by atoms with Crippen LogP contribution in [0.25, 0.3) is 0 Å². The van der Waals surface area contributed by atoms with Crippen molar-refractivity contribution in [2.45, 2.75) is 17.9 Å². The van der Waals surface area contributed by atoms with Gasteiger partial charge in [-0.2, -0.15) is 0 Å². The summed E-state index contributed by atoms with van der Waals surface area (Å²) in [6.07, 6.45) is 0.899. The Morgan fingerprint density at radius 2 is 2.24 bits per heavy atom. The lowest BCUT2D eigenvalue weighted by atomic mass is 10.1. The largest absolute Gasteiger partial charge is 0.496 e. The van der Waals surface area contributed by atoms with Crippen molar-refractivity contribution in [3.8, 4) is 5.75 Å². The molecule has 118 valence electrons. The number of methoxy groups -OCH3 is 1. The molecule has 7 heteroatoms. The van der Waals surface area contributed by atoms with E-state index < -0.39 is 10.0 Å². The molecule has 2 rings (SSSR count). The molecule has 1 aromatic rings. The van der Waals surface area contributed by atoms with Crippen LogP contribution < -0.4 is 14.8 Å². The third-order valence-electron chi connectivity index (χ3n) is 3.52. The molecule has 1 saturated heterocycles. The van der Waals surface area contributed by atoms with Crippen LogP contribution in [0.1, 0.15) is 12.0 Å². The number of nitrogens with one attached hydrogen (secondary N) is 2. The number of sulfonamides is 1. The van der Waals surface area contributed by atoms with Crippen LogP contribution in [0.5, 0.6) is 5.75 Å². The van der Waals surface area contributed by atoms with Crippen molar-refractivity contribution in [3.05, 3.63) is 23.8 Å². The van der Waals surface area contributed by atoms with Gasteiger partial charge in [0.05, 0.1) is 18.6 Å². The van der Waals surface area contributed by atoms with E-state index in [1.54, 1.807) is 32.4 Å². The lowest BCUT2D eigenvalue weighted by Gasteiger charge is -2.13. The second-order valence-corrected chi connectivity index (χ2v) is 6.85. The number of rotatable bonds is 7. The highest BCUT2D eigenvalue weighted by molar-refractivity contribution is 7.89. The minimum absolute atomic E-state index is 0.257. The number of ether oxygens (including phenoxy) is 2. The van der Waals surface area contributed by atoms with Crippen LogP contribution in [0, 0.1) is 5.92 Å². The van der Waals surface area contributed by atoms with Crippen molar-refractivity contribution in [3.63, 3.8) is 0 Å². The summed E-state index contributed by atoms with van der Waals surface area (Å²) in [4.78, 5) is 0.257. The quantitative estimate of drug-likeness (QED) is 0.776. The van der Waals surface area contributed by atoms with E-state index in [0.717, 1.165) is 12.0 Å². The van der Waals surface area contributed by atoms with Gasteiger partial charge in [0.25, 0.3) is 0 Å². The predicted molar refractivity (Wildman–Crippen MR) is 79.9 cm³/mol. The van der Waals surface area contributed by atoms with E-state index in [4.69, 9.17) is 9.47 Å². The van der Waals surface area contributed by atoms with Gasteiger partial charge in [-0.15, -0.1) is 0 Å². The molecule has 0 spiro atoms. The van der Waals surface area contributed by atoms with E-state index >= 15 is 0 Å². The second-order valence-electron chi connectivity index (χ2n) is 5.09. The number of hydrogen-bond donors (Lipinski definition) is 2. The van der Waals surface area contributed by atoms with E-state index in [1.165, 1.54) is 0 Å². The maximum Gasteiger partial charge on any atom is 0.240 e. The Labute approximate surface area is 125 Å². The van der Waals surface area contributed by atoms with Gasteiger partial charge < -0.3 is 14.8 Å². The van der Waals surface area contributed by atoms with Gasteiger partial charge in [-0.05, 0) is 37.6 Å². The van der Waals surface area contributed by atoms with Crippen molar-refractivity contribution in [1.29, 1.82) is 0 Å². The number of hydrogen-bond acceptors (Lipinski definition) is 5. The maximum atomic E-state index is 12.3. The van der Waals surface area contributed by atoms with Crippen LogP contribution in [0.15, 0.2) is 23.1 Å². The first-order valence-electron chi connectivity index (χ1n) is 6.95. The SMILES string of the molecule is CNCc1cc(S(=O)(=O)NCC2CCOC2)ccc1OC. The highest BCUT2D eigenvalue weighted by Crippen LogP contribution is 2.22. The zero-order valence-electron chi connectivity index (χ0n) is 12.4. The zero-order valence-corrected chi connectivity index (χ0v) is 13.2. The molecule has 0 amide bonds. The molecular formula is C14H22N2O4S. The topological polar surface area (TPSA) is 76.7 Å². The Kier molecular flexibility index (Phi) is 5.58. The normalized spacial score (nSPS) is 18.9. The molecule has 0 saturated carbocycles. The van der Waals surface area contributed by atoms with E-state index in [2.05, 4.69) is 10.0 Å². The van der Waals surface area contributed by atoms with Crippen LogP contribution >= 0.6 is 0 Å². The van der Waals surface area contributed by atoms with Gasteiger partial charge in [0, 0.05) is 25.3 Å². The van der Waals surface area contributed by atoms with E-state index in [0.29, 0.717) is 32.1 Å². The molecule has 1 heterocycles. The fourth-order valence-electron chi connectivity index (χ4n) is 2.31. The lowest BCUT2D eigenvalue weighted by molar-refractivity contribution is 0.186. The molecule has 1 unspecified atom stereocenters. The minimum atomic E-state index is -3.50. The molecule has 1 aromatic carbocycles. The van der Waals surface area contributed by atoms with Crippen LogP contribution in [0.2, 0.25) is 0 Å². The summed E-state index contributed by atoms with van der Waals surface area (Å²) < 4.78 is 37.8. The lowest BCUT2D eigenvalue weighted by Crippen LogP contribution is -2.29. The fraction of sp³-hybridized carbons (Fsp3) is 0.571. The van der Waals surface area contributed by atoms with Gasteiger partial charge in [0.15, 0.2) is 0 Å². The summed E-state index contributed by atoms with van der Waals surface area (Å²) >= 11 is 0. The minimum Gasteiger partial charge on any atom is -0.496 e. The van der Waals surface area contributed by atoms with Gasteiger partial charge in [-0.3, -0.25) is 0 Å². The highest BCUT2D eigenvalue weighted by Gasteiger charge is 2.21. The van der Waals surface area contributed by atoms with Crippen LogP contribution in [0.3, 0.4) is 0 Å². The molecule has 0 bridgehead atoms. The molecule has 0 radical (unpaired) electrons. The standard InChI is InChI=1S/C14H22N2O4S/c1-15-9-12-7-13(3-4-14(12)19-2)21(17,18)16-8-11-5-6-20-10-11/h3-4,7,11,15-16H,5-6,8-10H2,1-2H3. The summed E-state index contributed by atoms with van der Waals surface area (Å²) in [5, 5.41) is 3.00. The predicted octanol–water partition coefficient (Wildman–Crippen LogP) is 0.729. The Hall–Kier alpha value is -1.15. The Morgan fingerprint density at radius 1 is 1.43 bits per heavy atom. The fourth-order valence-corrected chi connectivity index (χ4v) is 3.47. The summed E-state index contributed by atoms with van der Waals surface area (Å²) in [5.74, 6) is 0.933. The Morgan fingerprint density at radius 3 is 2.86 bits per heavy atom. The van der Waals surface area contributed by atoms with Crippen LogP contribution in [0.4, 0.5) is 0 Å². The first-order valence-corrected chi connectivity index (χ1v) is 8.44. The van der Waals surface area contributed by atoms with Gasteiger partial charge in [0.1, 0.15) is 5.75 Å². The first kappa shape index (κ1) is 16.2. The molecule has 1 aliphatic heterocycles. The van der Waals surface area contributed by atoms with E-state index in [1.807, 2.05) is 0 Å². The monoisotopic (exact) mass is 314 g/mol. The van der Waals surface area contributed by atoms with Crippen molar-refractivity contribution in [2.24, 2.45) is 5.92 Å². The van der Waals surface area contributed by atoms with Gasteiger partial charge in [-0.1, -0.05) is 0 Å². The van der Waals surface area contributed by atoms with Crippen molar-refractivity contribution >= 4 is 10.0 Å². The maximum absolute atomic E-state index is 12.3. The first-order chi connectivity index (χ1) is 10.1. The summed E-state index contributed by atoms with van der Waals surface area (Å²) in [6.45, 7) is 2.29. The van der Waals surface area contributed by atoms with Crippen molar-refractivity contribution in [2.75, 3.05) is 33.9 Å². The number of benzene rings is 1. The molecule has 6 nitrogen and oxygen atoms in total. The van der Waals surface area contributed by atoms with E-state index in [9.17, 15) is 8.42 Å². The molecule has 0 aliphatic carbocycles.